The van der Waals surface area contributed by atoms with Crippen molar-refractivity contribution in [1.29, 1.82) is 0 Å². The van der Waals surface area contributed by atoms with Crippen LogP contribution in [-0.2, 0) is 22.6 Å². The number of halogens is 2. The molecule has 1 aliphatic rings. The van der Waals surface area contributed by atoms with Gasteiger partial charge in [-0.2, -0.15) is 0 Å². The Kier molecular flexibility index (Phi) is 8.08. The molecule has 0 atom stereocenters. The molecule has 1 heterocycles. The molecule has 1 saturated heterocycles. The molecule has 1 N–H and O–H groups in total. The molecule has 0 spiro atoms. The van der Waals surface area contributed by atoms with Gasteiger partial charge in [0.2, 0.25) is 0 Å². The molecule has 0 bridgehead atoms. The van der Waals surface area contributed by atoms with E-state index in [1.54, 1.807) is 18.2 Å². The number of anilines is 1. The lowest BCUT2D eigenvalue weighted by molar-refractivity contribution is -0.122. The highest BCUT2D eigenvalue weighted by molar-refractivity contribution is 9.10. The molecule has 3 aromatic rings. The first-order valence-corrected chi connectivity index (χ1v) is 12.6. The summed E-state index contributed by atoms with van der Waals surface area (Å²) in [5.74, 6) is -0.185. The number of methoxy groups -OCH3 is 1. The number of thiocarbonyl (C=S) groups is 1. The second-order valence-electron chi connectivity index (χ2n) is 7.89. The largest absolute Gasteiger partial charge is 0.493 e. The van der Waals surface area contributed by atoms with Crippen molar-refractivity contribution in [3.63, 3.8) is 0 Å². The molecule has 0 unspecified atom stereocenters. The summed E-state index contributed by atoms with van der Waals surface area (Å²) in [6.07, 6.45) is 2.37. The maximum absolute atomic E-state index is 13.3. The van der Waals surface area contributed by atoms with Crippen LogP contribution in [0.5, 0.6) is 11.5 Å². The lowest BCUT2D eigenvalue weighted by Crippen LogP contribution is -2.54. The average molecular weight is 586 g/mol. The normalized spacial score (nSPS) is 14.7. The molecule has 0 aromatic heterocycles. The number of nitrogens with zero attached hydrogens (tertiary/aromatic N) is 1. The molecular formula is C27H22BrClN2O4S. The molecule has 9 heteroatoms. The second kappa shape index (κ2) is 11.2. The maximum atomic E-state index is 13.3. The van der Waals surface area contributed by atoms with Gasteiger partial charge in [0.25, 0.3) is 11.8 Å². The van der Waals surface area contributed by atoms with Crippen molar-refractivity contribution in [3.8, 4) is 11.5 Å². The minimum absolute atomic E-state index is 0.0356. The van der Waals surface area contributed by atoms with Crippen molar-refractivity contribution in [2.75, 3.05) is 12.0 Å². The zero-order valence-corrected chi connectivity index (χ0v) is 22.7. The number of hydrogen-bond acceptors (Lipinski definition) is 5. The van der Waals surface area contributed by atoms with Crippen LogP contribution in [0.1, 0.15) is 23.6 Å². The molecule has 6 nitrogen and oxygen atoms in total. The van der Waals surface area contributed by atoms with Crippen molar-refractivity contribution >= 4 is 68.4 Å². The van der Waals surface area contributed by atoms with Crippen molar-refractivity contribution in [1.82, 2.24) is 5.32 Å². The third-order valence-corrected chi connectivity index (χ3v) is 6.84. The third-order valence-electron chi connectivity index (χ3n) is 5.60. The quantitative estimate of drug-likeness (QED) is 0.207. The number of rotatable bonds is 7. The topological polar surface area (TPSA) is 67.9 Å². The van der Waals surface area contributed by atoms with E-state index in [2.05, 4.69) is 21.2 Å². The van der Waals surface area contributed by atoms with Crippen LogP contribution < -0.4 is 19.7 Å². The van der Waals surface area contributed by atoms with Crippen LogP contribution in [0.15, 0.2) is 70.7 Å². The zero-order chi connectivity index (χ0) is 25.8. The lowest BCUT2D eigenvalue weighted by Gasteiger charge is -2.29. The first kappa shape index (κ1) is 25.9. The number of carbonyl (C=O) groups is 2. The number of nitrogens with one attached hydrogen (secondary N) is 1. The van der Waals surface area contributed by atoms with Gasteiger partial charge < -0.3 is 9.47 Å². The van der Waals surface area contributed by atoms with E-state index in [1.165, 1.54) is 18.1 Å². The lowest BCUT2D eigenvalue weighted by atomic mass is 10.1. The highest BCUT2D eigenvalue weighted by Crippen LogP contribution is 2.38. The molecule has 2 amide bonds. The SMILES string of the molecule is CCc1ccc(N2C(=O)/C(=C\c3cc(Br)c(OCc4ccccc4Cl)c(OC)c3)C(=O)NC2=S)cc1. The van der Waals surface area contributed by atoms with Crippen LogP contribution in [0.4, 0.5) is 5.69 Å². The number of aryl methyl sites for hydroxylation is 1. The van der Waals surface area contributed by atoms with E-state index >= 15 is 0 Å². The van der Waals surface area contributed by atoms with Crippen molar-refractivity contribution < 1.29 is 19.1 Å². The highest BCUT2D eigenvalue weighted by atomic mass is 79.9. The van der Waals surface area contributed by atoms with Gasteiger partial charge in [-0.15, -0.1) is 0 Å². The standard InChI is InChI=1S/C27H22BrClN2O4S/c1-3-16-8-10-19(11-9-16)31-26(33)20(25(32)30-27(31)36)12-17-13-21(28)24(23(14-17)34-2)35-15-18-6-4-5-7-22(18)29/h4-14H,3,15H2,1-2H3,(H,30,32,36)/b20-12-. The summed E-state index contributed by atoms with van der Waals surface area (Å²) in [4.78, 5) is 27.3. The Hall–Kier alpha value is -3.20. The molecule has 1 aliphatic heterocycles. The molecule has 1 fully saturated rings. The van der Waals surface area contributed by atoms with Gasteiger partial charge in [-0.3, -0.25) is 19.8 Å². The molecule has 184 valence electrons. The Morgan fingerprint density at radius 1 is 1.11 bits per heavy atom. The van der Waals surface area contributed by atoms with Crippen molar-refractivity contribution in [3.05, 3.63) is 92.4 Å². The summed E-state index contributed by atoms with van der Waals surface area (Å²) in [6, 6.07) is 18.3. The van der Waals surface area contributed by atoms with E-state index in [9.17, 15) is 9.59 Å². The summed E-state index contributed by atoms with van der Waals surface area (Å²) in [6.45, 7) is 2.28. The molecule has 0 radical (unpaired) electrons. The first-order chi connectivity index (χ1) is 17.3. The molecular weight excluding hydrogens is 564 g/mol. The van der Waals surface area contributed by atoms with Crippen molar-refractivity contribution in [2.24, 2.45) is 0 Å². The Balaban J connectivity index is 1.64. The Morgan fingerprint density at radius 2 is 1.83 bits per heavy atom. The van der Waals surface area contributed by atoms with Gasteiger partial charge in [-0.25, -0.2) is 0 Å². The summed E-state index contributed by atoms with van der Waals surface area (Å²) in [5.41, 5.74) is 3.04. The van der Waals surface area contributed by atoms with E-state index in [1.807, 2.05) is 49.4 Å². The van der Waals surface area contributed by atoms with Crippen LogP contribution in [0.25, 0.3) is 6.08 Å². The molecule has 0 saturated carbocycles. The maximum Gasteiger partial charge on any atom is 0.270 e. The smallest absolute Gasteiger partial charge is 0.270 e. The van der Waals surface area contributed by atoms with Gasteiger partial charge >= 0.3 is 0 Å². The Morgan fingerprint density at radius 3 is 2.50 bits per heavy atom. The van der Waals surface area contributed by atoms with E-state index < -0.39 is 11.8 Å². The minimum Gasteiger partial charge on any atom is -0.493 e. The summed E-state index contributed by atoms with van der Waals surface area (Å²) < 4.78 is 12.1. The predicted molar refractivity (Wildman–Crippen MR) is 149 cm³/mol. The van der Waals surface area contributed by atoms with Crippen LogP contribution in [0, 0.1) is 0 Å². The van der Waals surface area contributed by atoms with Crippen LogP contribution >= 0.6 is 39.7 Å². The van der Waals surface area contributed by atoms with Gasteiger partial charge in [-0.05, 0) is 82.1 Å². The van der Waals surface area contributed by atoms with E-state index in [4.69, 9.17) is 33.3 Å². The monoisotopic (exact) mass is 584 g/mol. The van der Waals surface area contributed by atoms with Gasteiger partial charge in [0.1, 0.15) is 12.2 Å². The zero-order valence-electron chi connectivity index (χ0n) is 19.5. The van der Waals surface area contributed by atoms with Crippen LogP contribution in [-0.4, -0.2) is 24.0 Å². The Labute approximate surface area is 228 Å². The fourth-order valence-corrected chi connectivity index (χ4v) is 4.71. The number of amides is 2. The van der Waals surface area contributed by atoms with E-state index in [0.29, 0.717) is 32.2 Å². The van der Waals surface area contributed by atoms with Crippen molar-refractivity contribution in [2.45, 2.75) is 20.0 Å². The van der Waals surface area contributed by atoms with E-state index in [0.717, 1.165) is 17.5 Å². The third kappa shape index (κ3) is 5.46. The van der Waals surface area contributed by atoms with E-state index in [-0.39, 0.29) is 17.3 Å². The Bertz CT molecular complexity index is 1370. The molecule has 36 heavy (non-hydrogen) atoms. The summed E-state index contributed by atoms with van der Waals surface area (Å²) in [7, 11) is 1.51. The van der Waals surface area contributed by atoms with Crippen LogP contribution in [0.2, 0.25) is 5.02 Å². The van der Waals surface area contributed by atoms with Crippen LogP contribution in [0.3, 0.4) is 0 Å². The average Bonchev–Trinajstić information content (AvgIpc) is 2.86. The van der Waals surface area contributed by atoms with Gasteiger partial charge in [0.05, 0.1) is 17.3 Å². The number of carbonyl (C=O) groups excluding carboxylic acids is 2. The predicted octanol–water partition coefficient (Wildman–Crippen LogP) is 6.08. The summed E-state index contributed by atoms with van der Waals surface area (Å²) >= 11 is 15.0. The second-order valence-corrected chi connectivity index (χ2v) is 9.54. The summed E-state index contributed by atoms with van der Waals surface area (Å²) in [5, 5.41) is 3.24. The molecule has 3 aromatic carbocycles. The number of benzene rings is 3. The molecule has 0 aliphatic carbocycles. The first-order valence-electron chi connectivity index (χ1n) is 11.1. The number of ether oxygens (including phenoxy) is 2. The minimum atomic E-state index is -0.569. The number of hydrogen-bond donors (Lipinski definition) is 1. The van der Waals surface area contributed by atoms with Gasteiger partial charge in [-0.1, -0.05) is 48.9 Å². The fourth-order valence-electron chi connectivity index (χ4n) is 3.67. The highest BCUT2D eigenvalue weighted by Gasteiger charge is 2.34. The van der Waals surface area contributed by atoms with Gasteiger partial charge in [0.15, 0.2) is 16.6 Å². The molecule has 4 rings (SSSR count). The van der Waals surface area contributed by atoms with Gasteiger partial charge in [0, 0.05) is 10.6 Å². The fraction of sp³-hybridized carbons (Fsp3) is 0.148.